The highest BCUT2D eigenvalue weighted by molar-refractivity contribution is 5.83. The van der Waals surface area contributed by atoms with Crippen molar-refractivity contribution in [2.75, 3.05) is 13.1 Å². The van der Waals surface area contributed by atoms with E-state index in [-0.39, 0.29) is 18.4 Å². The van der Waals surface area contributed by atoms with Gasteiger partial charge in [-0.1, -0.05) is 60.2 Å². The highest BCUT2D eigenvalue weighted by atomic mass is 16.2. The van der Waals surface area contributed by atoms with E-state index in [4.69, 9.17) is 0 Å². The monoisotopic (exact) mass is 324 g/mol. The summed E-state index contributed by atoms with van der Waals surface area (Å²) in [6, 6.07) is 18.0. The molecule has 2 rings (SSSR count). The van der Waals surface area contributed by atoms with Gasteiger partial charge in [0.15, 0.2) is 0 Å². The van der Waals surface area contributed by atoms with Crippen LogP contribution in [-0.4, -0.2) is 29.8 Å². The standard InChI is InChI=1S/C20H24N2O2/c1-16-7-6-10-19(13-16)14-21-20(24)15-22(17(2)23)12-11-18-8-4-3-5-9-18/h3-10,13H,11-12,14-15H2,1-2H3,(H,21,24). The molecule has 2 aromatic rings. The third kappa shape index (κ3) is 5.88. The van der Waals surface area contributed by atoms with Crippen molar-refractivity contribution in [1.82, 2.24) is 10.2 Å². The Balaban J connectivity index is 1.83. The van der Waals surface area contributed by atoms with E-state index < -0.39 is 0 Å². The number of hydrogen-bond donors (Lipinski definition) is 1. The zero-order chi connectivity index (χ0) is 17.4. The highest BCUT2D eigenvalue weighted by Gasteiger charge is 2.13. The number of nitrogens with one attached hydrogen (secondary N) is 1. The molecule has 0 aromatic heterocycles. The van der Waals surface area contributed by atoms with Crippen LogP contribution in [0.5, 0.6) is 0 Å². The van der Waals surface area contributed by atoms with Gasteiger partial charge in [0.25, 0.3) is 0 Å². The summed E-state index contributed by atoms with van der Waals surface area (Å²) < 4.78 is 0. The van der Waals surface area contributed by atoms with Gasteiger partial charge in [0.1, 0.15) is 0 Å². The Bertz CT molecular complexity index is 683. The summed E-state index contributed by atoms with van der Waals surface area (Å²) in [6.07, 6.45) is 0.742. The molecule has 4 nitrogen and oxygen atoms in total. The molecule has 0 saturated carbocycles. The molecule has 0 fully saturated rings. The largest absolute Gasteiger partial charge is 0.350 e. The summed E-state index contributed by atoms with van der Waals surface area (Å²) in [5.74, 6) is -0.226. The van der Waals surface area contributed by atoms with Crippen LogP contribution in [0.15, 0.2) is 54.6 Å². The second-order valence-electron chi connectivity index (χ2n) is 5.94. The summed E-state index contributed by atoms with van der Waals surface area (Å²) in [4.78, 5) is 25.5. The molecule has 0 spiro atoms. The number of carbonyl (C=O) groups excluding carboxylic acids is 2. The number of hydrogen-bond acceptors (Lipinski definition) is 2. The fourth-order valence-corrected chi connectivity index (χ4v) is 2.51. The minimum Gasteiger partial charge on any atom is -0.350 e. The molecule has 2 aromatic carbocycles. The molecule has 0 saturated heterocycles. The van der Waals surface area contributed by atoms with Crippen molar-refractivity contribution in [3.8, 4) is 0 Å². The maximum absolute atomic E-state index is 12.1. The average molecular weight is 324 g/mol. The lowest BCUT2D eigenvalue weighted by Gasteiger charge is -2.20. The van der Waals surface area contributed by atoms with Crippen LogP contribution in [0.4, 0.5) is 0 Å². The van der Waals surface area contributed by atoms with E-state index in [2.05, 4.69) is 5.32 Å². The number of benzene rings is 2. The molecule has 0 aliphatic carbocycles. The van der Waals surface area contributed by atoms with E-state index in [1.165, 1.54) is 6.92 Å². The molecule has 24 heavy (non-hydrogen) atoms. The fraction of sp³-hybridized carbons (Fsp3) is 0.300. The molecule has 0 unspecified atom stereocenters. The first-order chi connectivity index (χ1) is 11.5. The SMILES string of the molecule is CC(=O)N(CCc1ccccc1)CC(=O)NCc1cccc(C)c1. The first kappa shape index (κ1) is 17.7. The molecule has 126 valence electrons. The third-order valence-corrected chi connectivity index (χ3v) is 3.87. The number of nitrogens with zero attached hydrogens (tertiary/aromatic N) is 1. The Morgan fingerprint density at radius 1 is 1.00 bits per heavy atom. The van der Waals surface area contributed by atoms with Crippen molar-refractivity contribution < 1.29 is 9.59 Å². The zero-order valence-electron chi connectivity index (χ0n) is 14.3. The summed E-state index contributed by atoms with van der Waals surface area (Å²) in [5, 5.41) is 2.88. The lowest BCUT2D eigenvalue weighted by Crippen LogP contribution is -2.40. The Morgan fingerprint density at radius 2 is 1.71 bits per heavy atom. The quantitative estimate of drug-likeness (QED) is 0.851. The van der Waals surface area contributed by atoms with Crippen molar-refractivity contribution >= 4 is 11.8 Å². The Kier molecular flexibility index (Phi) is 6.55. The van der Waals surface area contributed by atoms with E-state index in [1.54, 1.807) is 4.90 Å². The summed E-state index contributed by atoms with van der Waals surface area (Å²) >= 11 is 0. The van der Waals surface area contributed by atoms with Gasteiger partial charge in [-0.25, -0.2) is 0 Å². The van der Waals surface area contributed by atoms with Gasteiger partial charge in [0.2, 0.25) is 11.8 Å². The molecule has 0 aliphatic rings. The topological polar surface area (TPSA) is 49.4 Å². The number of rotatable bonds is 7. The van der Waals surface area contributed by atoms with Crippen LogP contribution in [0.25, 0.3) is 0 Å². The average Bonchev–Trinajstić information content (AvgIpc) is 2.57. The van der Waals surface area contributed by atoms with Crippen molar-refractivity contribution in [1.29, 1.82) is 0 Å². The summed E-state index contributed by atoms with van der Waals surface area (Å²) in [6.45, 7) is 4.63. The van der Waals surface area contributed by atoms with Crippen molar-refractivity contribution in [2.24, 2.45) is 0 Å². The zero-order valence-corrected chi connectivity index (χ0v) is 14.3. The maximum Gasteiger partial charge on any atom is 0.239 e. The lowest BCUT2D eigenvalue weighted by atomic mass is 10.1. The van der Waals surface area contributed by atoms with E-state index in [0.717, 1.165) is 23.1 Å². The van der Waals surface area contributed by atoms with E-state index >= 15 is 0 Å². The fourth-order valence-electron chi connectivity index (χ4n) is 2.51. The Hall–Kier alpha value is -2.62. The van der Waals surface area contributed by atoms with Gasteiger partial charge in [-0.15, -0.1) is 0 Å². The molecule has 1 N–H and O–H groups in total. The van der Waals surface area contributed by atoms with Gasteiger partial charge in [-0.3, -0.25) is 9.59 Å². The number of aryl methyl sites for hydroxylation is 1. The van der Waals surface area contributed by atoms with Gasteiger partial charge < -0.3 is 10.2 Å². The summed E-state index contributed by atoms with van der Waals surface area (Å²) in [7, 11) is 0. The minimum atomic E-state index is -0.139. The highest BCUT2D eigenvalue weighted by Crippen LogP contribution is 2.04. The molecule has 2 amide bonds. The molecular formula is C20H24N2O2. The van der Waals surface area contributed by atoms with Crippen LogP contribution >= 0.6 is 0 Å². The van der Waals surface area contributed by atoms with Crippen molar-refractivity contribution in [2.45, 2.75) is 26.8 Å². The van der Waals surface area contributed by atoms with Gasteiger partial charge in [-0.05, 0) is 24.5 Å². The van der Waals surface area contributed by atoms with Gasteiger partial charge in [0.05, 0.1) is 6.54 Å². The molecule has 0 atom stereocenters. The molecule has 0 radical (unpaired) electrons. The van der Waals surface area contributed by atoms with Crippen molar-refractivity contribution in [3.05, 3.63) is 71.3 Å². The lowest BCUT2D eigenvalue weighted by molar-refractivity contribution is -0.134. The molecular weight excluding hydrogens is 300 g/mol. The van der Waals surface area contributed by atoms with Crippen molar-refractivity contribution in [3.63, 3.8) is 0 Å². The van der Waals surface area contributed by atoms with Crippen LogP contribution in [0, 0.1) is 6.92 Å². The molecule has 0 aliphatic heterocycles. The molecule has 0 bridgehead atoms. The number of amides is 2. The van der Waals surface area contributed by atoms with Crippen LogP contribution in [-0.2, 0) is 22.6 Å². The van der Waals surface area contributed by atoms with E-state index in [9.17, 15) is 9.59 Å². The first-order valence-corrected chi connectivity index (χ1v) is 8.16. The normalized spacial score (nSPS) is 10.2. The predicted molar refractivity (Wildman–Crippen MR) is 95.4 cm³/mol. The van der Waals surface area contributed by atoms with E-state index in [0.29, 0.717) is 13.1 Å². The van der Waals surface area contributed by atoms with Gasteiger partial charge in [-0.2, -0.15) is 0 Å². The van der Waals surface area contributed by atoms with Gasteiger partial charge >= 0.3 is 0 Å². The van der Waals surface area contributed by atoms with Crippen LogP contribution in [0.1, 0.15) is 23.6 Å². The minimum absolute atomic E-state index is 0.0864. The molecule has 4 heteroatoms. The third-order valence-electron chi connectivity index (χ3n) is 3.87. The second kappa shape index (κ2) is 8.87. The van der Waals surface area contributed by atoms with Crippen LogP contribution < -0.4 is 5.32 Å². The predicted octanol–water partition coefficient (Wildman–Crippen LogP) is 2.70. The Morgan fingerprint density at radius 3 is 2.38 bits per heavy atom. The number of carbonyl (C=O) groups is 2. The smallest absolute Gasteiger partial charge is 0.239 e. The van der Waals surface area contributed by atoms with Crippen LogP contribution in [0.2, 0.25) is 0 Å². The second-order valence-corrected chi connectivity index (χ2v) is 5.94. The van der Waals surface area contributed by atoms with Gasteiger partial charge in [0, 0.05) is 20.0 Å². The van der Waals surface area contributed by atoms with E-state index in [1.807, 2.05) is 61.5 Å². The summed E-state index contributed by atoms with van der Waals surface area (Å²) in [5.41, 5.74) is 3.38. The maximum atomic E-state index is 12.1. The first-order valence-electron chi connectivity index (χ1n) is 8.16. The molecule has 0 heterocycles. The Labute approximate surface area is 143 Å². The van der Waals surface area contributed by atoms with Crippen LogP contribution in [0.3, 0.4) is 0 Å².